The molecule has 0 amide bonds. The second-order valence-electron chi connectivity index (χ2n) is 5.33. The third kappa shape index (κ3) is 3.09. The molecule has 1 aromatic carbocycles. The largest absolute Gasteiger partial charge is 0.394 e. The van der Waals surface area contributed by atoms with Crippen LogP contribution in [0, 0.1) is 0 Å². The minimum absolute atomic E-state index is 0.145. The van der Waals surface area contributed by atoms with Gasteiger partial charge in [-0.3, -0.25) is 14.3 Å². The van der Waals surface area contributed by atoms with E-state index in [1.807, 2.05) is 0 Å². The summed E-state index contributed by atoms with van der Waals surface area (Å²) in [6.45, 7) is -0.350. The lowest BCUT2D eigenvalue weighted by Gasteiger charge is -2.15. The van der Waals surface area contributed by atoms with Crippen molar-refractivity contribution in [2.75, 3.05) is 6.61 Å². The van der Waals surface area contributed by atoms with Gasteiger partial charge in [-0.25, -0.2) is 4.79 Å². The molecule has 122 valence electrons. The van der Waals surface area contributed by atoms with Crippen LogP contribution in [0.3, 0.4) is 0 Å². The van der Waals surface area contributed by atoms with Gasteiger partial charge in [-0.1, -0.05) is 23.7 Å². The van der Waals surface area contributed by atoms with Crippen LogP contribution >= 0.6 is 11.6 Å². The maximum Gasteiger partial charge on any atom is 0.330 e. The van der Waals surface area contributed by atoms with Gasteiger partial charge in [0.05, 0.1) is 18.3 Å². The first-order valence-corrected chi connectivity index (χ1v) is 7.43. The Kier molecular flexibility index (Phi) is 4.36. The van der Waals surface area contributed by atoms with Crippen molar-refractivity contribution in [2.24, 2.45) is 0 Å². The summed E-state index contributed by atoms with van der Waals surface area (Å²) in [7, 11) is 0. The van der Waals surface area contributed by atoms with Gasteiger partial charge in [0.2, 0.25) is 0 Å². The molecule has 1 fully saturated rings. The second kappa shape index (κ2) is 6.29. The van der Waals surface area contributed by atoms with Gasteiger partial charge >= 0.3 is 5.69 Å². The van der Waals surface area contributed by atoms with Crippen LogP contribution < -0.4 is 11.2 Å². The fourth-order valence-corrected chi connectivity index (χ4v) is 2.80. The van der Waals surface area contributed by atoms with Crippen molar-refractivity contribution >= 4 is 11.6 Å². The standard InChI is InChI=1S/C15H15ClN2O5/c16-9-3-1-2-8(4-9)10-6-18(15(22)17-14(10)21)13-5-11(20)12(7-19)23-13/h1-4,6,11-13,19-20H,5,7H2,(H,17,21,22)/t11-,12+,13-/m0/s1. The highest BCUT2D eigenvalue weighted by molar-refractivity contribution is 6.30. The van der Waals surface area contributed by atoms with Crippen molar-refractivity contribution in [3.63, 3.8) is 0 Å². The summed E-state index contributed by atoms with van der Waals surface area (Å²) in [5.74, 6) is 0. The molecular formula is C15H15ClN2O5. The Morgan fingerprint density at radius 3 is 2.83 bits per heavy atom. The average Bonchev–Trinajstić information content (AvgIpc) is 2.88. The van der Waals surface area contributed by atoms with Gasteiger partial charge in [0, 0.05) is 17.6 Å². The molecule has 1 aliphatic heterocycles. The zero-order valence-corrected chi connectivity index (χ0v) is 12.7. The molecule has 1 saturated heterocycles. The predicted molar refractivity (Wildman–Crippen MR) is 83.4 cm³/mol. The smallest absolute Gasteiger partial charge is 0.330 e. The average molecular weight is 339 g/mol. The highest BCUT2D eigenvalue weighted by atomic mass is 35.5. The molecule has 3 N–H and O–H groups in total. The van der Waals surface area contributed by atoms with Crippen molar-refractivity contribution in [3.8, 4) is 11.1 Å². The summed E-state index contributed by atoms with van der Waals surface area (Å²) < 4.78 is 6.66. The van der Waals surface area contributed by atoms with Gasteiger partial charge in [0.1, 0.15) is 12.3 Å². The second-order valence-corrected chi connectivity index (χ2v) is 5.77. The third-order valence-electron chi connectivity index (χ3n) is 3.80. The molecular weight excluding hydrogens is 324 g/mol. The van der Waals surface area contributed by atoms with E-state index >= 15 is 0 Å². The molecule has 1 aliphatic rings. The Morgan fingerprint density at radius 2 is 2.17 bits per heavy atom. The number of nitrogens with one attached hydrogen (secondary N) is 1. The highest BCUT2D eigenvalue weighted by Gasteiger charge is 2.35. The van der Waals surface area contributed by atoms with Crippen LogP contribution in [0.25, 0.3) is 11.1 Å². The van der Waals surface area contributed by atoms with Crippen LogP contribution in [0.4, 0.5) is 0 Å². The van der Waals surface area contributed by atoms with Crippen LogP contribution in [-0.2, 0) is 4.74 Å². The van der Waals surface area contributed by atoms with E-state index in [0.29, 0.717) is 10.6 Å². The van der Waals surface area contributed by atoms with Crippen LogP contribution in [0.5, 0.6) is 0 Å². The summed E-state index contributed by atoms with van der Waals surface area (Å²) in [6.07, 6.45) is -0.868. The van der Waals surface area contributed by atoms with Gasteiger partial charge in [-0.2, -0.15) is 0 Å². The quantitative estimate of drug-likeness (QED) is 0.756. The van der Waals surface area contributed by atoms with E-state index in [9.17, 15) is 14.7 Å². The van der Waals surface area contributed by atoms with Gasteiger partial charge in [-0.15, -0.1) is 0 Å². The number of aromatic amines is 1. The monoisotopic (exact) mass is 338 g/mol. The lowest BCUT2D eigenvalue weighted by Crippen LogP contribution is -2.33. The van der Waals surface area contributed by atoms with Crippen LogP contribution in [0.2, 0.25) is 5.02 Å². The maximum atomic E-state index is 12.1. The molecule has 2 heterocycles. The Labute approximate surface area is 135 Å². The van der Waals surface area contributed by atoms with Crippen molar-refractivity contribution in [2.45, 2.75) is 24.9 Å². The number of aliphatic hydroxyl groups is 2. The fraction of sp³-hybridized carbons (Fsp3) is 0.333. The maximum absolute atomic E-state index is 12.1. The van der Waals surface area contributed by atoms with Crippen LogP contribution in [0.1, 0.15) is 12.6 Å². The Hall–Kier alpha value is -1.93. The van der Waals surface area contributed by atoms with E-state index in [0.717, 1.165) is 0 Å². The summed E-state index contributed by atoms with van der Waals surface area (Å²) in [5, 5.41) is 19.4. The molecule has 8 heteroatoms. The summed E-state index contributed by atoms with van der Waals surface area (Å²) in [4.78, 5) is 26.3. The molecule has 0 spiro atoms. The molecule has 7 nitrogen and oxygen atoms in total. The van der Waals surface area contributed by atoms with Crippen molar-refractivity contribution in [3.05, 3.63) is 56.3 Å². The highest BCUT2D eigenvalue weighted by Crippen LogP contribution is 2.28. The SMILES string of the molecule is O=c1[nH]c(=O)n([C@@H]2C[C@H](O)[C@@H](CO)O2)cc1-c1cccc(Cl)c1. The molecule has 0 unspecified atom stereocenters. The number of halogens is 1. The first-order valence-electron chi connectivity index (χ1n) is 7.05. The van der Waals surface area contributed by atoms with E-state index in [2.05, 4.69) is 4.98 Å². The summed E-state index contributed by atoms with van der Waals surface area (Å²) in [5.41, 5.74) is -0.357. The van der Waals surface area contributed by atoms with Crippen LogP contribution in [-0.4, -0.2) is 38.6 Å². The van der Waals surface area contributed by atoms with Gasteiger partial charge in [0.15, 0.2) is 0 Å². The molecule has 0 saturated carbocycles. The minimum atomic E-state index is -0.876. The molecule has 3 rings (SSSR count). The Balaban J connectivity index is 2.05. The normalized spacial score (nSPS) is 24.0. The van der Waals surface area contributed by atoms with E-state index in [1.165, 1.54) is 10.8 Å². The number of H-pyrrole nitrogens is 1. The molecule has 1 aromatic heterocycles. The predicted octanol–water partition coefficient (Wildman–Crippen LogP) is 0.498. The Bertz CT molecular complexity index is 831. The number of rotatable bonds is 3. The summed E-state index contributed by atoms with van der Waals surface area (Å²) in [6, 6.07) is 6.69. The van der Waals surface area contributed by atoms with Gasteiger partial charge in [0.25, 0.3) is 5.56 Å². The van der Waals surface area contributed by atoms with Crippen LogP contribution in [0.15, 0.2) is 40.1 Å². The lowest BCUT2D eigenvalue weighted by atomic mass is 10.1. The number of hydrogen-bond donors (Lipinski definition) is 3. The number of nitrogens with zero attached hydrogens (tertiary/aromatic N) is 1. The first-order chi connectivity index (χ1) is 11.0. The molecule has 0 bridgehead atoms. The zero-order valence-electron chi connectivity index (χ0n) is 12.0. The van der Waals surface area contributed by atoms with Gasteiger partial charge < -0.3 is 14.9 Å². The van der Waals surface area contributed by atoms with E-state index < -0.39 is 29.7 Å². The lowest BCUT2D eigenvalue weighted by molar-refractivity contribution is -0.0458. The third-order valence-corrected chi connectivity index (χ3v) is 4.03. The topological polar surface area (TPSA) is 105 Å². The van der Waals surface area contributed by atoms with Gasteiger partial charge in [-0.05, 0) is 17.7 Å². The van der Waals surface area contributed by atoms with E-state index in [4.69, 9.17) is 21.4 Å². The molecule has 23 heavy (non-hydrogen) atoms. The molecule has 3 atom stereocenters. The minimum Gasteiger partial charge on any atom is -0.394 e. The molecule has 0 aliphatic carbocycles. The number of aromatic nitrogens is 2. The number of benzene rings is 1. The summed E-state index contributed by atoms with van der Waals surface area (Å²) >= 11 is 5.94. The van der Waals surface area contributed by atoms with E-state index in [-0.39, 0.29) is 18.6 Å². The van der Waals surface area contributed by atoms with Crippen molar-refractivity contribution in [1.82, 2.24) is 9.55 Å². The zero-order chi connectivity index (χ0) is 16.6. The molecule has 2 aromatic rings. The number of aliphatic hydroxyl groups excluding tert-OH is 2. The fourth-order valence-electron chi connectivity index (χ4n) is 2.61. The van der Waals surface area contributed by atoms with Crippen molar-refractivity contribution < 1.29 is 14.9 Å². The first kappa shape index (κ1) is 15.9. The number of hydrogen-bond acceptors (Lipinski definition) is 5. The Morgan fingerprint density at radius 1 is 1.39 bits per heavy atom. The van der Waals surface area contributed by atoms with Crippen molar-refractivity contribution in [1.29, 1.82) is 0 Å². The number of ether oxygens (including phenoxy) is 1. The van der Waals surface area contributed by atoms with E-state index in [1.54, 1.807) is 24.3 Å². The molecule has 0 radical (unpaired) electrons.